The second-order valence-electron chi connectivity index (χ2n) is 26.5. The summed E-state index contributed by atoms with van der Waals surface area (Å²) in [6, 6.07) is 96.5. The Morgan fingerprint density at radius 1 is 0.264 bits per heavy atom. The number of rotatable bonds is 2. The van der Waals surface area contributed by atoms with Crippen LogP contribution in [0.1, 0.15) is 49.9 Å². The maximum absolute atomic E-state index is 2.72. The molecule has 0 spiro atoms. The summed E-state index contributed by atoms with van der Waals surface area (Å²) in [5.74, 6) is 0. The van der Waals surface area contributed by atoms with E-state index in [-0.39, 0.29) is 17.5 Å². The van der Waals surface area contributed by atoms with E-state index in [1.54, 1.807) is 0 Å². The van der Waals surface area contributed by atoms with Gasteiger partial charge in [-0.05, 0) is 179 Å². The van der Waals surface area contributed by atoms with E-state index in [9.17, 15) is 0 Å². The average molecular weight is 1100 g/mol. The van der Waals surface area contributed by atoms with E-state index in [1.807, 2.05) is 0 Å². The minimum absolute atomic E-state index is 0.0941. The molecule has 0 radical (unpaired) electrons. The Hall–Kier alpha value is -10.5. The molecule has 87 heavy (non-hydrogen) atoms. The van der Waals surface area contributed by atoms with Crippen LogP contribution in [0.2, 0.25) is 0 Å². The largest absolute Gasteiger partial charge is 0.310 e. The molecule has 3 heteroatoms. The van der Waals surface area contributed by atoms with Crippen LogP contribution in [0.4, 0.5) is 0 Å². The first kappa shape index (κ1) is 46.8. The van der Waals surface area contributed by atoms with Gasteiger partial charge in [0.1, 0.15) is 0 Å². The minimum atomic E-state index is -0.143. The molecule has 0 unspecified atom stereocenters. The van der Waals surface area contributed by atoms with Crippen LogP contribution in [-0.2, 0) is 10.8 Å². The molecular weight excluding hydrogens is 1050 g/mol. The highest BCUT2D eigenvalue weighted by atomic mass is 15.0. The Kier molecular flexibility index (Phi) is 8.55. The molecule has 2 aliphatic heterocycles. The van der Waals surface area contributed by atoms with E-state index >= 15 is 0 Å². The van der Waals surface area contributed by atoms with E-state index in [0.29, 0.717) is 0 Å². The first-order valence-electron chi connectivity index (χ1n) is 31.0. The van der Waals surface area contributed by atoms with Crippen LogP contribution in [0.5, 0.6) is 0 Å². The van der Waals surface area contributed by atoms with Crippen molar-refractivity contribution in [1.82, 2.24) is 9.13 Å². The van der Waals surface area contributed by atoms with E-state index in [2.05, 4.69) is 286 Å². The Labute approximate surface area is 502 Å². The average Bonchev–Trinajstić information content (AvgIpc) is 1.60. The summed E-state index contributed by atoms with van der Waals surface area (Å²) in [5.41, 5.74) is 27.4. The van der Waals surface area contributed by atoms with Crippen LogP contribution in [-0.4, -0.2) is 15.8 Å². The molecule has 0 saturated heterocycles. The molecule has 0 amide bonds. The molecule has 2 aromatic heterocycles. The lowest BCUT2D eigenvalue weighted by molar-refractivity contribution is 0.660. The molecule has 2 nitrogen and oxygen atoms in total. The first-order chi connectivity index (χ1) is 42.7. The topological polar surface area (TPSA) is 9.86 Å². The normalized spacial score (nSPS) is 14.6. The molecule has 0 bridgehead atoms. The Balaban J connectivity index is 0.923. The number of fused-ring (bicyclic) bond motifs is 30. The smallest absolute Gasteiger partial charge is 0.252 e. The van der Waals surface area contributed by atoms with Crippen molar-refractivity contribution in [2.45, 2.75) is 38.5 Å². The van der Waals surface area contributed by atoms with Gasteiger partial charge in [0.15, 0.2) is 0 Å². The zero-order valence-electron chi connectivity index (χ0n) is 48.6. The van der Waals surface area contributed by atoms with Crippen LogP contribution in [0, 0.1) is 0 Å². The molecule has 17 aromatic rings. The highest BCUT2D eigenvalue weighted by Crippen LogP contribution is 2.54. The minimum Gasteiger partial charge on any atom is -0.310 e. The maximum Gasteiger partial charge on any atom is 0.252 e. The van der Waals surface area contributed by atoms with Gasteiger partial charge >= 0.3 is 0 Å². The Morgan fingerprint density at radius 2 is 0.713 bits per heavy atom. The fourth-order valence-corrected chi connectivity index (χ4v) is 18.0. The van der Waals surface area contributed by atoms with E-state index in [4.69, 9.17) is 0 Å². The standard InChI is InChI=1S/C84H53BN2/c1-83(2)67-28-15-13-24-56(67)58-35-32-47(42-69(58)83)46-34-39-73-66(40-46)78-76-60-26-11-9-20-52(60)51-19-6-8-23-55(51)64(76)45-72-82(78)86(73)74-30-17-31-75-79(74)85(72)71-44-49(48-33-36-59-57-25-14-16-29-68(57)84(3,4)70(59)43-48)41-65-63-38-37-62-54-22-7-5-18-50(54)53-21-10-12-27-61(53)77(62)81(63)87(75)80(65)71/h5-45H,1-4H3. The van der Waals surface area contributed by atoms with Gasteiger partial charge in [0, 0.05) is 60.0 Å². The zero-order valence-corrected chi connectivity index (χ0v) is 48.6. The van der Waals surface area contributed by atoms with Crippen molar-refractivity contribution in [2.24, 2.45) is 0 Å². The molecule has 402 valence electrons. The van der Waals surface area contributed by atoms with E-state index < -0.39 is 0 Å². The summed E-state index contributed by atoms with van der Waals surface area (Å²) < 4.78 is 5.40. The molecule has 4 heterocycles. The summed E-state index contributed by atoms with van der Waals surface area (Å²) in [7, 11) is 0. The highest BCUT2D eigenvalue weighted by Gasteiger charge is 2.43. The summed E-state index contributed by atoms with van der Waals surface area (Å²) in [4.78, 5) is 0. The summed E-state index contributed by atoms with van der Waals surface area (Å²) in [6.45, 7) is 9.52. The number of nitrogens with zero attached hydrogens (tertiary/aromatic N) is 2. The lowest BCUT2D eigenvalue weighted by Gasteiger charge is -2.34. The van der Waals surface area contributed by atoms with Gasteiger partial charge in [-0.2, -0.15) is 0 Å². The number of benzene rings is 15. The van der Waals surface area contributed by atoms with Gasteiger partial charge in [-0.1, -0.05) is 234 Å². The summed E-state index contributed by atoms with van der Waals surface area (Å²) in [5, 5.41) is 20.7. The van der Waals surface area contributed by atoms with Crippen molar-refractivity contribution in [2.75, 3.05) is 0 Å². The Bertz CT molecular complexity index is 6100. The van der Waals surface area contributed by atoms with Crippen LogP contribution >= 0.6 is 0 Å². The van der Waals surface area contributed by atoms with Crippen molar-refractivity contribution in [3.63, 3.8) is 0 Å². The molecule has 0 fully saturated rings. The second kappa shape index (κ2) is 15.9. The van der Waals surface area contributed by atoms with Gasteiger partial charge in [0.05, 0.1) is 16.6 Å². The van der Waals surface area contributed by atoms with E-state index in [1.165, 1.54) is 203 Å². The highest BCUT2D eigenvalue weighted by molar-refractivity contribution is 7.00. The Morgan fingerprint density at radius 3 is 1.33 bits per heavy atom. The lowest BCUT2D eigenvalue weighted by Crippen LogP contribution is -2.59. The molecule has 2 aliphatic carbocycles. The van der Waals surface area contributed by atoms with Gasteiger partial charge in [-0.25, -0.2) is 0 Å². The maximum atomic E-state index is 2.72. The molecule has 0 N–H and O–H groups in total. The number of hydrogen-bond acceptors (Lipinski definition) is 0. The number of hydrogen-bond donors (Lipinski definition) is 0. The third-order valence-corrected chi connectivity index (χ3v) is 21.8. The summed E-state index contributed by atoms with van der Waals surface area (Å²) >= 11 is 0. The molecule has 15 aromatic carbocycles. The molecule has 21 rings (SSSR count). The van der Waals surface area contributed by atoms with Crippen molar-refractivity contribution in [1.29, 1.82) is 0 Å². The van der Waals surface area contributed by atoms with Crippen LogP contribution in [0.3, 0.4) is 0 Å². The van der Waals surface area contributed by atoms with Gasteiger partial charge in [-0.3, -0.25) is 0 Å². The van der Waals surface area contributed by atoms with Gasteiger partial charge in [-0.15, -0.1) is 0 Å². The molecule has 0 saturated carbocycles. The second-order valence-corrected chi connectivity index (χ2v) is 26.5. The van der Waals surface area contributed by atoms with E-state index in [0.717, 1.165) is 0 Å². The van der Waals surface area contributed by atoms with Gasteiger partial charge < -0.3 is 9.13 Å². The quantitative estimate of drug-likeness (QED) is 0.121. The van der Waals surface area contributed by atoms with Crippen LogP contribution < -0.4 is 16.4 Å². The predicted octanol–water partition coefficient (Wildman–Crippen LogP) is 19.9. The van der Waals surface area contributed by atoms with Crippen LogP contribution in [0.15, 0.2) is 249 Å². The SMILES string of the molecule is CC1(C)c2ccccc2-c2ccc(-c3ccc4c(c3)c3c5c6ccccc6c6ccccc6c5cc5c3n4-c3cccc4c3B5c3cc(-c5ccc6c(c5)C(C)(C)c5ccccc5-6)cc5c6ccc7c8ccccc8c8ccccc8c7c6n-4c35)cc21. The first-order valence-corrected chi connectivity index (χ1v) is 31.0. The molecule has 0 atom stereocenters. The summed E-state index contributed by atoms with van der Waals surface area (Å²) in [6.07, 6.45) is 0. The van der Waals surface area contributed by atoms with Crippen molar-refractivity contribution in [3.05, 3.63) is 271 Å². The third kappa shape index (κ3) is 5.62. The van der Waals surface area contributed by atoms with Gasteiger partial charge in [0.2, 0.25) is 0 Å². The van der Waals surface area contributed by atoms with Crippen molar-refractivity contribution >= 4 is 131 Å². The molecule has 4 aliphatic rings. The fraction of sp³-hybridized carbons (Fsp3) is 0.0714. The number of aromatic nitrogens is 2. The predicted molar refractivity (Wildman–Crippen MR) is 371 cm³/mol. The molecular formula is C84H53BN2. The van der Waals surface area contributed by atoms with Crippen LogP contribution in [0.25, 0.3) is 164 Å². The fourth-order valence-electron chi connectivity index (χ4n) is 18.0. The van der Waals surface area contributed by atoms with Gasteiger partial charge in [0.25, 0.3) is 6.71 Å². The lowest BCUT2D eigenvalue weighted by atomic mass is 9.34. The zero-order chi connectivity index (χ0) is 57.1. The monoisotopic (exact) mass is 1100 g/mol. The van der Waals surface area contributed by atoms with Crippen molar-refractivity contribution in [3.8, 4) is 55.9 Å². The van der Waals surface area contributed by atoms with Crippen molar-refractivity contribution < 1.29 is 0 Å². The third-order valence-electron chi connectivity index (χ3n) is 21.8.